The molecule has 1 saturated carbocycles. The quantitative estimate of drug-likeness (QED) is 0.726. The Morgan fingerprint density at radius 2 is 1.77 bits per heavy atom. The van der Waals surface area contributed by atoms with Gasteiger partial charge in [0.05, 0.1) is 4.90 Å². The molecule has 0 bridgehead atoms. The summed E-state index contributed by atoms with van der Waals surface area (Å²) in [6.07, 6.45) is 2.68. The molecule has 2 fully saturated rings. The van der Waals surface area contributed by atoms with Crippen molar-refractivity contribution in [3.05, 3.63) is 29.8 Å². The van der Waals surface area contributed by atoms with Crippen molar-refractivity contribution in [3.8, 4) is 0 Å². The molecule has 1 aromatic carbocycles. The molecule has 0 unspecified atom stereocenters. The molecule has 1 aromatic rings. The van der Waals surface area contributed by atoms with E-state index in [-0.39, 0.29) is 10.8 Å². The smallest absolute Gasteiger partial charge is 0.253 e. The van der Waals surface area contributed by atoms with Crippen LogP contribution in [-0.2, 0) is 10.0 Å². The van der Waals surface area contributed by atoms with Crippen LogP contribution in [0, 0.1) is 5.92 Å². The number of piperazine rings is 1. The fraction of sp³-hybridized carbons (Fsp3) is 0.632. The summed E-state index contributed by atoms with van der Waals surface area (Å²) in [6, 6.07) is 6.46. The maximum absolute atomic E-state index is 12.8. The van der Waals surface area contributed by atoms with Crippen molar-refractivity contribution in [1.29, 1.82) is 0 Å². The second kappa shape index (κ2) is 8.06. The van der Waals surface area contributed by atoms with Crippen LogP contribution in [0.3, 0.4) is 0 Å². The van der Waals surface area contributed by atoms with Gasteiger partial charge in [-0.3, -0.25) is 9.69 Å². The summed E-state index contributed by atoms with van der Waals surface area (Å²) in [5, 5.41) is 0. The Morgan fingerprint density at radius 1 is 1.12 bits per heavy atom. The van der Waals surface area contributed by atoms with Gasteiger partial charge in [0.15, 0.2) is 0 Å². The summed E-state index contributed by atoms with van der Waals surface area (Å²) in [7, 11) is -3.55. The Bertz CT molecular complexity index is 734. The maximum atomic E-state index is 12.8. The van der Waals surface area contributed by atoms with Crippen molar-refractivity contribution in [2.24, 2.45) is 5.92 Å². The third kappa shape index (κ3) is 4.27. The zero-order valence-electron chi connectivity index (χ0n) is 15.7. The predicted molar refractivity (Wildman–Crippen MR) is 102 cm³/mol. The average Bonchev–Trinajstić information content (AvgIpc) is 3.47. The van der Waals surface area contributed by atoms with E-state index >= 15 is 0 Å². The van der Waals surface area contributed by atoms with E-state index < -0.39 is 10.0 Å². The largest absolute Gasteiger partial charge is 0.336 e. The van der Waals surface area contributed by atoms with Crippen LogP contribution in [-0.4, -0.2) is 74.2 Å². The van der Waals surface area contributed by atoms with Crippen molar-refractivity contribution in [1.82, 2.24) is 14.1 Å². The van der Waals surface area contributed by atoms with E-state index in [1.54, 1.807) is 18.2 Å². The van der Waals surface area contributed by atoms with Crippen LogP contribution < -0.4 is 0 Å². The molecule has 1 saturated heterocycles. The Labute approximate surface area is 156 Å². The molecule has 26 heavy (non-hydrogen) atoms. The Kier molecular flexibility index (Phi) is 5.99. The van der Waals surface area contributed by atoms with Gasteiger partial charge in [0, 0.05) is 51.4 Å². The van der Waals surface area contributed by atoms with E-state index in [4.69, 9.17) is 0 Å². The molecule has 2 aliphatic rings. The molecule has 6 nitrogen and oxygen atoms in total. The van der Waals surface area contributed by atoms with Gasteiger partial charge < -0.3 is 4.90 Å². The molecule has 7 heteroatoms. The first-order valence-corrected chi connectivity index (χ1v) is 11.0. The minimum atomic E-state index is -3.55. The van der Waals surface area contributed by atoms with Crippen molar-refractivity contribution >= 4 is 15.9 Å². The highest BCUT2D eigenvalue weighted by atomic mass is 32.2. The summed E-state index contributed by atoms with van der Waals surface area (Å²) in [5.41, 5.74) is 0.453. The molecule has 3 rings (SSSR count). The number of benzene rings is 1. The first-order chi connectivity index (χ1) is 12.5. The minimum Gasteiger partial charge on any atom is -0.336 e. The molecule has 1 heterocycles. The molecule has 0 atom stereocenters. The molecule has 1 amide bonds. The fourth-order valence-electron chi connectivity index (χ4n) is 3.48. The monoisotopic (exact) mass is 379 g/mol. The van der Waals surface area contributed by atoms with Gasteiger partial charge in [-0.25, -0.2) is 8.42 Å². The number of hydrogen-bond acceptors (Lipinski definition) is 4. The zero-order chi connectivity index (χ0) is 18.7. The third-order valence-electron chi connectivity index (χ3n) is 5.30. The first kappa shape index (κ1) is 19.3. The molecule has 1 aliphatic heterocycles. The highest BCUT2D eigenvalue weighted by Gasteiger charge is 2.28. The maximum Gasteiger partial charge on any atom is 0.253 e. The van der Waals surface area contributed by atoms with E-state index in [0.29, 0.717) is 31.7 Å². The van der Waals surface area contributed by atoms with Gasteiger partial charge in [0.1, 0.15) is 0 Å². The summed E-state index contributed by atoms with van der Waals surface area (Å²) < 4.78 is 26.8. The van der Waals surface area contributed by atoms with Gasteiger partial charge in [0.25, 0.3) is 5.91 Å². The van der Waals surface area contributed by atoms with Crippen LogP contribution in [0.4, 0.5) is 0 Å². The van der Waals surface area contributed by atoms with Crippen LogP contribution >= 0.6 is 0 Å². The lowest BCUT2D eigenvalue weighted by Crippen LogP contribution is -2.49. The molecular formula is C19H29N3O3S. The average molecular weight is 380 g/mol. The summed E-state index contributed by atoms with van der Waals surface area (Å²) >= 11 is 0. The lowest BCUT2D eigenvalue weighted by molar-refractivity contribution is 0.0632. The van der Waals surface area contributed by atoms with Gasteiger partial charge in [0.2, 0.25) is 10.0 Å². The lowest BCUT2D eigenvalue weighted by atomic mass is 10.2. The fourth-order valence-corrected chi connectivity index (χ4v) is 4.99. The van der Waals surface area contributed by atoms with Crippen molar-refractivity contribution in [3.63, 3.8) is 0 Å². The van der Waals surface area contributed by atoms with Gasteiger partial charge in [-0.2, -0.15) is 4.31 Å². The molecule has 0 radical (unpaired) electrons. The molecule has 0 spiro atoms. The van der Waals surface area contributed by atoms with Gasteiger partial charge in [-0.15, -0.1) is 0 Å². The third-order valence-corrected chi connectivity index (χ3v) is 7.34. The van der Waals surface area contributed by atoms with Crippen LogP contribution in [0.25, 0.3) is 0 Å². The molecule has 0 aromatic heterocycles. The second-order valence-electron chi connectivity index (χ2n) is 7.15. The lowest BCUT2D eigenvalue weighted by Gasteiger charge is -2.34. The Hall–Kier alpha value is -1.44. The van der Waals surface area contributed by atoms with Crippen LogP contribution in [0.15, 0.2) is 29.2 Å². The normalized spacial score (nSPS) is 19.1. The van der Waals surface area contributed by atoms with Gasteiger partial charge >= 0.3 is 0 Å². The standard InChI is InChI=1S/C19H29N3O3S/c1-3-22(4-2)26(24,25)18-7-5-6-17(14-18)19(23)21-12-10-20(11-13-21)15-16-8-9-16/h5-7,14,16H,3-4,8-13,15H2,1-2H3. The molecule has 0 N–H and O–H groups in total. The highest BCUT2D eigenvalue weighted by molar-refractivity contribution is 7.89. The number of sulfonamides is 1. The number of carbonyl (C=O) groups is 1. The predicted octanol–water partition coefficient (Wildman–Crippen LogP) is 1.88. The van der Waals surface area contributed by atoms with Gasteiger partial charge in [-0.1, -0.05) is 19.9 Å². The van der Waals surface area contributed by atoms with Crippen molar-refractivity contribution < 1.29 is 13.2 Å². The summed E-state index contributed by atoms with van der Waals surface area (Å²) in [5.74, 6) is 0.784. The van der Waals surface area contributed by atoms with E-state index in [1.165, 1.54) is 23.2 Å². The topological polar surface area (TPSA) is 60.9 Å². The van der Waals surface area contributed by atoms with E-state index in [2.05, 4.69) is 4.90 Å². The van der Waals surface area contributed by atoms with Crippen LogP contribution in [0.2, 0.25) is 0 Å². The SMILES string of the molecule is CCN(CC)S(=O)(=O)c1cccc(C(=O)N2CCN(CC3CC3)CC2)c1. The Balaban J connectivity index is 1.68. The Morgan fingerprint density at radius 3 is 2.35 bits per heavy atom. The van der Waals surface area contributed by atoms with Crippen LogP contribution in [0.5, 0.6) is 0 Å². The number of hydrogen-bond donors (Lipinski definition) is 0. The van der Waals surface area contributed by atoms with E-state index in [0.717, 1.165) is 25.6 Å². The highest BCUT2D eigenvalue weighted by Crippen LogP contribution is 2.30. The van der Waals surface area contributed by atoms with E-state index in [9.17, 15) is 13.2 Å². The number of amides is 1. The second-order valence-corrected chi connectivity index (χ2v) is 9.09. The molecular weight excluding hydrogens is 350 g/mol. The number of rotatable bonds is 7. The first-order valence-electron chi connectivity index (χ1n) is 9.57. The number of nitrogens with zero attached hydrogens (tertiary/aromatic N) is 3. The summed E-state index contributed by atoms with van der Waals surface area (Å²) in [6.45, 7) is 8.84. The van der Waals surface area contributed by atoms with Crippen molar-refractivity contribution in [2.75, 3.05) is 45.8 Å². The van der Waals surface area contributed by atoms with E-state index in [1.807, 2.05) is 18.7 Å². The molecule has 1 aliphatic carbocycles. The zero-order valence-corrected chi connectivity index (χ0v) is 16.5. The molecule has 144 valence electrons. The summed E-state index contributed by atoms with van der Waals surface area (Å²) in [4.78, 5) is 17.3. The number of carbonyl (C=O) groups excluding carboxylic acids is 1. The minimum absolute atomic E-state index is 0.0762. The van der Waals surface area contributed by atoms with Crippen molar-refractivity contribution in [2.45, 2.75) is 31.6 Å². The van der Waals surface area contributed by atoms with Gasteiger partial charge in [-0.05, 0) is 37.0 Å². The van der Waals surface area contributed by atoms with Crippen LogP contribution in [0.1, 0.15) is 37.0 Å².